The second kappa shape index (κ2) is 9.28. The maximum Gasteiger partial charge on any atom is 0.322 e. The minimum atomic E-state index is -0.358. The summed E-state index contributed by atoms with van der Waals surface area (Å²) in [5, 5.41) is 3.02. The number of anilines is 1. The lowest BCUT2D eigenvalue weighted by atomic mass is 10.2. The van der Waals surface area contributed by atoms with Gasteiger partial charge >= 0.3 is 6.03 Å². The number of hydrogen-bond acceptors (Lipinski definition) is 4. The molecule has 0 unspecified atom stereocenters. The molecule has 7 heteroatoms. The second-order valence-electron chi connectivity index (χ2n) is 6.56. The Morgan fingerprint density at radius 2 is 2.00 bits per heavy atom. The summed E-state index contributed by atoms with van der Waals surface area (Å²) in [7, 11) is 0. The third-order valence-corrected chi connectivity index (χ3v) is 5.99. The summed E-state index contributed by atoms with van der Waals surface area (Å²) < 4.78 is 5.32. The Bertz CT molecular complexity index is 634. The van der Waals surface area contributed by atoms with Crippen LogP contribution in [0.1, 0.15) is 26.2 Å². The van der Waals surface area contributed by atoms with Gasteiger partial charge in [0.25, 0.3) is 0 Å². The summed E-state index contributed by atoms with van der Waals surface area (Å²) in [4.78, 5) is 30.3. The van der Waals surface area contributed by atoms with E-state index in [0.29, 0.717) is 32.8 Å². The molecule has 1 aromatic rings. The SMILES string of the molecule is CCCSc1ccccc1NC(=O)N1CCC[C@H]1C(=O)N1CCOCC1. The van der Waals surface area contributed by atoms with Crippen LogP contribution in [0.25, 0.3) is 0 Å². The zero-order valence-corrected chi connectivity index (χ0v) is 16.1. The number of carbonyl (C=O) groups excluding carboxylic acids is 2. The van der Waals surface area contributed by atoms with Crippen LogP contribution in [0, 0.1) is 0 Å². The summed E-state index contributed by atoms with van der Waals surface area (Å²) in [6.45, 7) is 5.14. The number of thioether (sulfide) groups is 1. The molecule has 3 rings (SSSR count). The lowest BCUT2D eigenvalue weighted by Crippen LogP contribution is -2.51. The molecule has 2 aliphatic heterocycles. The second-order valence-corrected chi connectivity index (χ2v) is 7.70. The van der Waals surface area contributed by atoms with Crippen molar-refractivity contribution in [3.05, 3.63) is 24.3 Å². The van der Waals surface area contributed by atoms with Crippen molar-refractivity contribution in [1.29, 1.82) is 0 Å². The number of nitrogens with zero attached hydrogens (tertiary/aromatic N) is 2. The van der Waals surface area contributed by atoms with E-state index in [4.69, 9.17) is 4.74 Å². The van der Waals surface area contributed by atoms with Gasteiger partial charge in [-0.1, -0.05) is 19.1 Å². The van der Waals surface area contributed by atoms with Gasteiger partial charge in [0.05, 0.1) is 18.9 Å². The summed E-state index contributed by atoms with van der Waals surface area (Å²) >= 11 is 1.74. The molecule has 2 saturated heterocycles. The molecule has 6 nitrogen and oxygen atoms in total. The van der Waals surface area contributed by atoms with Crippen LogP contribution in [-0.4, -0.2) is 66.4 Å². The van der Waals surface area contributed by atoms with Crippen molar-refractivity contribution >= 4 is 29.4 Å². The molecule has 2 heterocycles. The Morgan fingerprint density at radius 3 is 2.77 bits per heavy atom. The van der Waals surface area contributed by atoms with E-state index < -0.39 is 0 Å². The van der Waals surface area contributed by atoms with E-state index >= 15 is 0 Å². The van der Waals surface area contributed by atoms with Crippen LogP contribution >= 0.6 is 11.8 Å². The average molecular weight is 378 g/mol. The molecular formula is C19H27N3O3S. The van der Waals surface area contributed by atoms with Gasteiger partial charge in [0.1, 0.15) is 6.04 Å². The van der Waals surface area contributed by atoms with Crippen molar-refractivity contribution in [2.75, 3.05) is 43.9 Å². The number of urea groups is 1. The fraction of sp³-hybridized carbons (Fsp3) is 0.579. The molecule has 2 aliphatic rings. The van der Waals surface area contributed by atoms with E-state index in [0.717, 1.165) is 35.6 Å². The fourth-order valence-corrected chi connectivity index (χ4v) is 4.23. The van der Waals surface area contributed by atoms with Crippen LogP contribution in [0.5, 0.6) is 0 Å². The first-order valence-electron chi connectivity index (χ1n) is 9.36. The molecular weight excluding hydrogens is 350 g/mol. The molecule has 1 aromatic carbocycles. The molecule has 0 bridgehead atoms. The van der Waals surface area contributed by atoms with Crippen molar-refractivity contribution in [1.82, 2.24) is 9.80 Å². The van der Waals surface area contributed by atoms with E-state index in [1.54, 1.807) is 16.7 Å². The number of morpholine rings is 1. The van der Waals surface area contributed by atoms with Crippen LogP contribution in [0.15, 0.2) is 29.2 Å². The number of carbonyl (C=O) groups is 2. The minimum Gasteiger partial charge on any atom is -0.378 e. The van der Waals surface area contributed by atoms with E-state index in [-0.39, 0.29) is 18.0 Å². The van der Waals surface area contributed by atoms with E-state index in [2.05, 4.69) is 12.2 Å². The third-order valence-electron chi connectivity index (χ3n) is 4.71. The Balaban J connectivity index is 1.66. The van der Waals surface area contributed by atoms with Gasteiger partial charge < -0.3 is 19.9 Å². The van der Waals surface area contributed by atoms with E-state index in [1.165, 1.54) is 0 Å². The Morgan fingerprint density at radius 1 is 1.23 bits per heavy atom. The van der Waals surface area contributed by atoms with Gasteiger partial charge in [-0.3, -0.25) is 4.79 Å². The van der Waals surface area contributed by atoms with Gasteiger partial charge in [0.2, 0.25) is 5.91 Å². The highest BCUT2D eigenvalue weighted by Crippen LogP contribution is 2.28. The zero-order valence-electron chi connectivity index (χ0n) is 15.3. The maximum atomic E-state index is 12.8. The molecule has 3 amide bonds. The highest BCUT2D eigenvalue weighted by molar-refractivity contribution is 7.99. The van der Waals surface area contributed by atoms with Gasteiger partial charge in [0, 0.05) is 24.5 Å². The van der Waals surface area contributed by atoms with Gasteiger partial charge in [-0.2, -0.15) is 0 Å². The molecule has 0 aromatic heterocycles. The third kappa shape index (κ3) is 4.51. The molecule has 0 radical (unpaired) electrons. The van der Waals surface area contributed by atoms with Crippen molar-refractivity contribution in [2.45, 2.75) is 37.1 Å². The first-order chi connectivity index (χ1) is 12.7. The number of likely N-dealkylation sites (tertiary alicyclic amines) is 1. The topological polar surface area (TPSA) is 61.9 Å². The average Bonchev–Trinajstić information content (AvgIpc) is 3.17. The highest BCUT2D eigenvalue weighted by atomic mass is 32.2. The predicted molar refractivity (Wildman–Crippen MR) is 104 cm³/mol. The van der Waals surface area contributed by atoms with Crippen LogP contribution < -0.4 is 5.32 Å². The molecule has 142 valence electrons. The van der Waals surface area contributed by atoms with Crippen molar-refractivity contribution < 1.29 is 14.3 Å². The fourth-order valence-electron chi connectivity index (χ4n) is 3.36. The Labute approximate surface area is 159 Å². The first kappa shape index (κ1) is 19.0. The largest absolute Gasteiger partial charge is 0.378 e. The summed E-state index contributed by atoms with van der Waals surface area (Å²) in [5.41, 5.74) is 0.820. The number of benzene rings is 1. The lowest BCUT2D eigenvalue weighted by molar-refractivity contribution is -0.139. The normalized spacial score (nSPS) is 20.3. The Kier molecular flexibility index (Phi) is 6.80. The minimum absolute atomic E-state index is 0.0505. The number of nitrogens with one attached hydrogen (secondary N) is 1. The molecule has 2 fully saturated rings. The van der Waals surface area contributed by atoms with Gasteiger partial charge in [-0.15, -0.1) is 11.8 Å². The summed E-state index contributed by atoms with van der Waals surface area (Å²) in [6.07, 6.45) is 2.67. The zero-order chi connectivity index (χ0) is 18.4. The quantitative estimate of drug-likeness (QED) is 0.801. The highest BCUT2D eigenvalue weighted by Gasteiger charge is 2.37. The predicted octanol–water partition coefficient (Wildman–Crippen LogP) is 3.04. The number of para-hydroxylation sites is 1. The molecule has 26 heavy (non-hydrogen) atoms. The van der Waals surface area contributed by atoms with Crippen molar-refractivity contribution in [3.63, 3.8) is 0 Å². The molecule has 0 aliphatic carbocycles. The maximum absolute atomic E-state index is 12.8. The van der Waals surface area contributed by atoms with Gasteiger partial charge in [-0.05, 0) is 37.1 Å². The summed E-state index contributed by atoms with van der Waals surface area (Å²) in [6, 6.07) is 7.31. The molecule has 1 atom stereocenters. The van der Waals surface area contributed by atoms with Crippen LogP contribution in [-0.2, 0) is 9.53 Å². The number of amides is 3. The van der Waals surface area contributed by atoms with Gasteiger partial charge in [0.15, 0.2) is 0 Å². The van der Waals surface area contributed by atoms with Gasteiger partial charge in [-0.25, -0.2) is 4.79 Å². The number of rotatable bonds is 5. The molecule has 0 saturated carbocycles. The van der Waals surface area contributed by atoms with Crippen LogP contribution in [0.3, 0.4) is 0 Å². The van der Waals surface area contributed by atoms with E-state index in [1.807, 2.05) is 29.2 Å². The lowest BCUT2D eigenvalue weighted by Gasteiger charge is -2.32. The standard InChI is InChI=1S/C19H27N3O3S/c1-2-14-26-17-8-4-3-6-15(17)20-19(24)22-9-5-7-16(22)18(23)21-10-12-25-13-11-21/h3-4,6,8,16H,2,5,7,9-14H2,1H3,(H,20,24)/t16-/m0/s1. The van der Waals surface area contributed by atoms with Crippen molar-refractivity contribution in [2.24, 2.45) is 0 Å². The molecule has 0 spiro atoms. The smallest absolute Gasteiger partial charge is 0.322 e. The van der Waals surface area contributed by atoms with E-state index in [9.17, 15) is 9.59 Å². The number of ether oxygens (including phenoxy) is 1. The van der Waals surface area contributed by atoms with Crippen LogP contribution in [0.4, 0.5) is 10.5 Å². The summed E-state index contributed by atoms with van der Waals surface area (Å²) in [5.74, 6) is 1.06. The number of hydrogen-bond donors (Lipinski definition) is 1. The van der Waals surface area contributed by atoms with Crippen molar-refractivity contribution in [3.8, 4) is 0 Å². The Hall–Kier alpha value is -1.73. The monoisotopic (exact) mass is 377 g/mol. The van der Waals surface area contributed by atoms with Crippen LogP contribution in [0.2, 0.25) is 0 Å². The molecule has 1 N–H and O–H groups in total. The first-order valence-corrected chi connectivity index (χ1v) is 10.3.